The molecule has 1 atom stereocenters. The molecule has 1 nitrogen and oxygen atoms in total. The third-order valence-corrected chi connectivity index (χ3v) is 2.85. The van der Waals surface area contributed by atoms with E-state index in [1.165, 1.54) is 6.07 Å². The number of alkyl halides is 1. The largest absolute Gasteiger partial charge is 0.385 e. The Labute approximate surface area is 99.1 Å². The van der Waals surface area contributed by atoms with Gasteiger partial charge in [-0.15, -0.1) is 11.6 Å². The van der Waals surface area contributed by atoms with Gasteiger partial charge in [0.2, 0.25) is 0 Å². The Morgan fingerprint density at radius 1 is 1.47 bits per heavy atom. The van der Waals surface area contributed by atoms with Gasteiger partial charge in [0.15, 0.2) is 0 Å². The number of ether oxygens (including phenoxy) is 1. The van der Waals surface area contributed by atoms with Gasteiger partial charge in [-0.05, 0) is 25.0 Å². The molecular weight excluding hydrogens is 238 g/mol. The molecule has 0 spiro atoms. The monoisotopic (exact) mass is 250 g/mol. The van der Waals surface area contributed by atoms with E-state index in [0.717, 1.165) is 0 Å². The van der Waals surface area contributed by atoms with Gasteiger partial charge in [-0.3, -0.25) is 0 Å². The van der Waals surface area contributed by atoms with Crippen molar-refractivity contribution in [3.63, 3.8) is 0 Å². The lowest BCUT2D eigenvalue weighted by Gasteiger charge is -2.10. The van der Waals surface area contributed by atoms with Gasteiger partial charge in [0, 0.05) is 29.7 Å². The van der Waals surface area contributed by atoms with Crippen LogP contribution in [0, 0.1) is 5.82 Å². The van der Waals surface area contributed by atoms with Crippen LogP contribution in [0.3, 0.4) is 0 Å². The first-order chi connectivity index (χ1) is 7.15. The number of hydrogen-bond acceptors (Lipinski definition) is 1. The maximum atomic E-state index is 13.4. The molecule has 1 unspecified atom stereocenters. The zero-order chi connectivity index (χ0) is 11.3. The summed E-state index contributed by atoms with van der Waals surface area (Å²) in [6, 6.07) is 4.64. The molecule has 0 saturated heterocycles. The Balaban J connectivity index is 2.63. The molecule has 0 heterocycles. The third-order valence-electron chi connectivity index (χ3n) is 2.12. The second kappa shape index (κ2) is 6.31. The Bertz CT molecular complexity index is 297. The summed E-state index contributed by atoms with van der Waals surface area (Å²) in [6.45, 7) is 0.570. The lowest BCUT2D eigenvalue weighted by molar-refractivity contribution is 0.193. The van der Waals surface area contributed by atoms with Crippen molar-refractivity contribution in [3.05, 3.63) is 34.6 Å². The van der Waals surface area contributed by atoms with Crippen LogP contribution in [-0.4, -0.2) is 19.1 Å². The Morgan fingerprint density at radius 2 is 2.20 bits per heavy atom. The fraction of sp³-hybridized carbons (Fsp3) is 0.455. The summed E-state index contributed by atoms with van der Waals surface area (Å²) in [4.78, 5) is 0. The van der Waals surface area contributed by atoms with Crippen LogP contribution in [0.1, 0.15) is 12.0 Å². The van der Waals surface area contributed by atoms with Crippen molar-refractivity contribution in [1.82, 2.24) is 0 Å². The van der Waals surface area contributed by atoms with Crippen molar-refractivity contribution in [2.24, 2.45) is 0 Å². The predicted molar refractivity (Wildman–Crippen MR) is 61.2 cm³/mol. The van der Waals surface area contributed by atoms with Gasteiger partial charge in [0.05, 0.1) is 0 Å². The highest BCUT2D eigenvalue weighted by atomic mass is 35.5. The van der Waals surface area contributed by atoms with Crippen molar-refractivity contribution < 1.29 is 9.13 Å². The van der Waals surface area contributed by atoms with Crippen molar-refractivity contribution in [1.29, 1.82) is 0 Å². The molecule has 4 heteroatoms. The molecule has 0 saturated carbocycles. The maximum Gasteiger partial charge on any atom is 0.127 e. The number of halogens is 3. The highest BCUT2D eigenvalue weighted by Gasteiger charge is 2.12. The lowest BCUT2D eigenvalue weighted by atomic mass is 10.1. The van der Waals surface area contributed by atoms with E-state index in [2.05, 4.69) is 0 Å². The second-order valence-electron chi connectivity index (χ2n) is 3.28. The molecule has 15 heavy (non-hydrogen) atoms. The van der Waals surface area contributed by atoms with Gasteiger partial charge in [-0.2, -0.15) is 0 Å². The van der Waals surface area contributed by atoms with E-state index in [1.807, 2.05) is 0 Å². The van der Waals surface area contributed by atoms with E-state index < -0.39 is 0 Å². The average molecular weight is 251 g/mol. The fourth-order valence-electron chi connectivity index (χ4n) is 1.30. The lowest BCUT2D eigenvalue weighted by Crippen LogP contribution is -2.08. The summed E-state index contributed by atoms with van der Waals surface area (Å²) in [5.74, 6) is -0.300. The van der Waals surface area contributed by atoms with Crippen LogP contribution in [0.15, 0.2) is 18.2 Å². The standard InChI is InChI=1S/C11H13Cl2FO/c1-15-6-5-8(12)7-9-10(13)3-2-4-11(9)14/h2-4,8H,5-7H2,1H3. The van der Waals surface area contributed by atoms with Crippen LogP contribution < -0.4 is 0 Å². The van der Waals surface area contributed by atoms with Crippen LogP contribution in [0.2, 0.25) is 5.02 Å². The summed E-state index contributed by atoms with van der Waals surface area (Å²) >= 11 is 11.9. The zero-order valence-electron chi connectivity index (χ0n) is 8.47. The van der Waals surface area contributed by atoms with E-state index in [1.54, 1.807) is 19.2 Å². The van der Waals surface area contributed by atoms with Gasteiger partial charge in [0.1, 0.15) is 5.82 Å². The van der Waals surface area contributed by atoms with Crippen LogP contribution in [0.5, 0.6) is 0 Å². The van der Waals surface area contributed by atoms with Gasteiger partial charge >= 0.3 is 0 Å². The third kappa shape index (κ3) is 3.98. The van der Waals surface area contributed by atoms with Gasteiger partial charge in [-0.25, -0.2) is 4.39 Å². The number of hydrogen-bond donors (Lipinski definition) is 0. The molecule has 1 aromatic rings. The molecule has 84 valence electrons. The Hall–Kier alpha value is -0.310. The van der Waals surface area contributed by atoms with Gasteiger partial charge in [-0.1, -0.05) is 17.7 Å². The van der Waals surface area contributed by atoms with Crippen LogP contribution in [0.4, 0.5) is 4.39 Å². The molecule has 0 aromatic heterocycles. The quantitative estimate of drug-likeness (QED) is 0.725. The minimum absolute atomic E-state index is 0.153. The molecule has 0 amide bonds. The van der Waals surface area contributed by atoms with E-state index in [4.69, 9.17) is 27.9 Å². The maximum absolute atomic E-state index is 13.4. The summed E-state index contributed by atoms with van der Waals surface area (Å²) in [6.07, 6.45) is 1.11. The second-order valence-corrected chi connectivity index (χ2v) is 4.31. The Morgan fingerprint density at radius 3 is 2.80 bits per heavy atom. The van der Waals surface area contributed by atoms with Crippen LogP contribution in [-0.2, 0) is 11.2 Å². The number of rotatable bonds is 5. The van der Waals surface area contributed by atoms with E-state index in [9.17, 15) is 4.39 Å². The molecular formula is C11H13Cl2FO. The highest BCUT2D eigenvalue weighted by molar-refractivity contribution is 6.31. The molecule has 0 aliphatic heterocycles. The predicted octanol–water partition coefficient (Wildman–Crippen LogP) is 3.67. The SMILES string of the molecule is COCCC(Cl)Cc1c(F)cccc1Cl. The summed E-state index contributed by atoms with van der Waals surface area (Å²) < 4.78 is 18.3. The first kappa shape index (κ1) is 12.8. The topological polar surface area (TPSA) is 9.23 Å². The molecule has 0 aliphatic rings. The zero-order valence-corrected chi connectivity index (χ0v) is 9.98. The van der Waals surface area contributed by atoms with Crippen molar-refractivity contribution in [3.8, 4) is 0 Å². The first-order valence-corrected chi connectivity index (χ1v) is 5.52. The minimum Gasteiger partial charge on any atom is -0.385 e. The Kier molecular flexibility index (Phi) is 5.37. The highest BCUT2D eigenvalue weighted by Crippen LogP contribution is 2.22. The van der Waals surface area contributed by atoms with Crippen molar-refractivity contribution in [2.75, 3.05) is 13.7 Å². The molecule has 1 aromatic carbocycles. The molecule has 0 N–H and O–H groups in total. The number of methoxy groups -OCH3 is 1. The van der Waals surface area contributed by atoms with Crippen molar-refractivity contribution >= 4 is 23.2 Å². The molecule has 0 radical (unpaired) electrons. The minimum atomic E-state index is -0.300. The van der Waals surface area contributed by atoms with Crippen molar-refractivity contribution in [2.45, 2.75) is 18.2 Å². The van der Waals surface area contributed by atoms with Gasteiger partial charge < -0.3 is 4.74 Å². The van der Waals surface area contributed by atoms with Gasteiger partial charge in [0.25, 0.3) is 0 Å². The van der Waals surface area contributed by atoms with E-state index in [-0.39, 0.29) is 11.2 Å². The number of benzene rings is 1. The van der Waals surface area contributed by atoms with Crippen LogP contribution >= 0.6 is 23.2 Å². The smallest absolute Gasteiger partial charge is 0.127 e. The summed E-state index contributed by atoms with van der Waals surface area (Å²) in [7, 11) is 1.61. The molecule has 1 rings (SSSR count). The molecule has 0 aliphatic carbocycles. The van der Waals surface area contributed by atoms with E-state index in [0.29, 0.717) is 30.0 Å². The molecule has 0 bridgehead atoms. The normalized spacial score (nSPS) is 12.8. The summed E-state index contributed by atoms with van der Waals surface area (Å²) in [5.41, 5.74) is 0.482. The van der Waals surface area contributed by atoms with E-state index >= 15 is 0 Å². The first-order valence-electron chi connectivity index (χ1n) is 4.71. The van der Waals surface area contributed by atoms with Crippen LogP contribution in [0.25, 0.3) is 0 Å². The summed E-state index contributed by atoms with van der Waals surface area (Å²) in [5, 5.41) is 0.275. The fourth-order valence-corrected chi connectivity index (χ4v) is 1.78. The molecule has 0 fully saturated rings. The average Bonchev–Trinajstić information content (AvgIpc) is 2.21.